The first kappa shape index (κ1) is 15.2. The van der Waals surface area contributed by atoms with Crippen LogP contribution < -0.4 is 5.69 Å². The molecular formula is C10H9FN5O3Y-. The SMILES string of the molecule is Cn1nnc2c(C(=O)OC3C[C-](F)C3)ncn2c1=O.[Y]. The molecule has 1 fully saturated rings. The van der Waals surface area contributed by atoms with Gasteiger partial charge < -0.3 is 9.13 Å². The van der Waals surface area contributed by atoms with Crippen molar-refractivity contribution in [2.45, 2.75) is 18.9 Å². The van der Waals surface area contributed by atoms with Gasteiger partial charge in [0.2, 0.25) is 0 Å². The molecule has 2 aromatic heterocycles. The minimum absolute atomic E-state index is 0. The number of esters is 1. The van der Waals surface area contributed by atoms with Gasteiger partial charge in [0.15, 0.2) is 11.3 Å². The van der Waals surface area contributed by atoms with E-state index in [2.05, 4.69) is 15.3 Å². The molecule has 3 rings (SSSR count). The molecule has 1 radical (unpaired) electrons. The van der Waals surface area contributed by atoms with Crippen LogP contribution in [0, 0.1) is 6.17 Å². The molecular weight excluding hydrogens is 346 g/mol. The Morgan fingerprint density at radius 2 is 2.25 bits per heavy atom. The number of hydrogen-bond donors (Lipinski definition) is 0. The van der Waals surface area contributed by atoms with Gasteiger partial charge in [0.25, 0.3) is 0 Å². The van der Waals surface area contributed by atoms with E-state index in [-0.39, 0.29) is 63.1 Å². The van der Waals surface area contributed by atoms with Crippen molar-refractivity contribution in [3.05, 3.63) is 28.7 Å². The van der Waals surface area contributed by atoms with Crippen LogP contribution in [0.2, 0.25) is 0 Å². The van der Waals surface area contributed by atoms with Gasteiger partial charge in [-0.1, -0.05) is 5.21 Å². The summed E-state index contributed by atoms with van der Waals surface area (Å²) in [6, 6.07) is 0. The van der Waals surface area contributed by atoms with E-state index < -0.39 is 17.8 Å². The Morgan fingerprint density at radius 1 is 1.55 bits per heavy atom. The van der Waals surface area contributed by atoms with Crippen LogP contribution in [-0.2, 0) is 44.5 Å². The molecule has 20 heavy (non-hydrogen) atoms. The monoisotopic (exact) mass is 355 g/mol. The molecule has 0 spiro atoms. The Labute approximate surface area is 137 Å². The van der Waals surface area contributed by atoms with Crippen molar-refractivity contribution in [2.24, 2.45) is 7.05 Å². The third kappa shape index (κ3) is 2.51. The van der Waals surface area contributed by atoms with Crippen molar-refractivity contribution in [3.8, 4) is 0 Å². The fourth-order valence-corrected chi connectivity index (χ4v) is 1.75. The molecule has 2 aromatic rings. The molecule has 8 nitrogen and oxygen atoms in total. The van der Waals surface area contributed by atoms with Gasteiger partial charge in [-0.2, -0.15) is 4.68 Å². The fraction of sp³-hybridized carbons (Fsp3) is 0.400. The average Bonchev–Trinajstić information content (AvgIpc) is 2.76. The quantitative estimate of drug-likeness (QED) is 0.540. The number of aromatic nitrogens is 5. The Hall–Kier alpha value is -1.22. The largest absolute Gasteiger partial charge is 0.463 e. The number of carbonyl (C=O) groups is 1. The summed E-state index contributed by atoms with van der Waals surface area (Å²) in [5.41, 5.74) is -0.547. The van der Waals surface area contributed by atoms with E-state index in [1.165, 1.54) is 13.4 Å². The zero-order chi connectivity index (χ0) is 13.6. The molecule has 1 aliphatic carbocycles. The smallest absolute Gasteiger partial charge is 0.361 e. The number of imidazole rings is 1. The standard InChI is InChI=1S/C10H9FN5O3.Y/c1-15-10(18)16-4-12-7(8(16)13-14-15)9(17)19-6-2-5(11)3-6;/h4,6H,2-3H2,1H3;/q-1;. The minimum atomic E-state index is -0.734. The van der Waals surface area contributed by atoms with Gasteiger partial charge in [0, 0.05) is 39.8 Å². The third-order valence-corrected chi connectivity index (χ3v) is 2.86. The van der Waals surface area contributed by atoms with E-state index in [0.717, 1.165) is 9.08 Å². The first-order valence-electron chi connectivity index (χ1n) is 5.54. The van der Waals surface area contributed by atoms with Crippen LogP contribution in [0.1, 0.15) is 23.3 Å². The number of nitrogens with zero attached hydrogens (tertiary/aromatic N) is 5. The van der Waals surface area contributed by atoms with Gasteiger partial charge in [-0.15, -0.1) is 24.1 Å². The van der Waals surface area contributed by atoms with Gasteiger partial charge in [-0.05, 0) is 0 Å². The van der Waals surface area contributed by atoms with Gasteiger partial charge in [0.1, 0.15) is 6.33 Å². The Balaban J connectivity index is 0.00000147. The third-order valence-electron chi connectivity index (χ3n) is 2.86. The first-order chi connectivity index (χ1) is 9.06. The second kappa shape index (κ2) is 5.65. The van der Waals surface area contributed by atoms with Crippen LogP contribution in [0.4, 0.5) is 4.39 Å². The number of hydrogen-bond acceptors (Lipinski definition) is 6. The van der Waals surface area contributed by atoms with Crippen LogP contribution in [-0.4, -0.2) is 36.5 Å². The van der Waals surface area contributed by atoms with E-state index in [1.54, 1.807) is 0 Å². The molecule has 2 heterocycles. The minimum Gasteiger partial charge on any atom is -0.463 e. The summed E-state index contributed by atoms with van der Waals surface area (Å²) < 4.78 is 19.7. The van der Waals surface area contributed by atoms with Crippen LogP contribution in [0.5, 0.6) is 0 Å². The van der Waals surface area contributed by atoms with Gasteiger partial charge in [-0.3, -0.25) is 0 Å². The zero-order valence-corrected chi connectivity index (χ0v) is 13.3. The summed E-state index contributed by atoms with van der Waals surface area (Å²) >= 11 is 0. The van der Waals surface area contributed by atoms with Crippen molar-refractivity contribution in [1.82, 2.24) is 24.4 Å². The van der Waals surface area contributed by atoms with E-state index >= 15 is 0 Å². The Morgan fingerprint density at radius 3 is 2.90 bits per heavy atom. The molecule has 10 heteroatoms. The summed E-state index contributed by atoms with van der Waals surface area (Å²) in [6.07, 6.45) is 0.747. The zero-order valence-electron chi connectivity index (χ0n) is 10.5. The van der Waals surface area contributed by atoms with E-state index in [4.69, 9.17) is 4.74 Å². The van der Waals surface area contributed by atoms with Crippen molar-refractivity contribution in [3.63, 3.8) is 0 Å². The molecule has 0 unspecified atom stereocenters. The van der Waals surface area contributed by atoms with Crippen molar-refractivity contribution < 1.29 is 46.6 Å². The van der Waals surface area contributed by atoms with E-state index in [1.807, 2.05) is 0 Å². The first-order valence-corrected chi connectivity index (χ1v) is 5.54. The number of carbonyl (C=O) groups excluding carboxylic acids is 1. The number of aryl methyl sites for hydroxylation is 1. The molecule has 0 atom stereocenters. The van der Waals surface area contributed by atoms with Crippen LogP contribution in [0.25, 0.3) is 5.65 Å². The number of halogens is 1. The molecule has 0 bridgehead atoms. The summed E-state index contributed by atoms with van der Waals surface area (Å²) in [6.45, 7) is 0. The van der Waals surface area contributed by atoms with Crippen molar-refractivity contribution in [2.75, 3.05) is 0 Å². The Bertz CT molecular complexity index is 708. The van der Waals surface area contributed by atoms with Gasteiger partial charge in [-0.25, -0.2) is 19.0 Å². The maximum Gasteiger partial charge on any atom is 0.361 e. The van der Waals surface area contributed by atoms with Crippen molar-refractivity contribution in [1.29, 1.82) is 0 Å². The van der Waals surface area contributed by atoms with E-state index in [9.17, 15) is 14.0 Å². The fourth-order valence-electron chi connectivity index (χ4n) is 1.75. The van der Waals surface area contributed by atoms with Crippen LogP contribution in [0.3, 0.4) is 0 Å². The molecule has 1 saturated carbocycles. The average molecular weight is 355 g/mol. The Kier molecular flexibility index (Phi) is 4.29. The number of rotatable bonds is 2. The second-order valence-electron chi connectivity index (χ2n) is 4.24. The maximum absolute atomic E-state index is 12.5. The number of fused-ring (bicyclic) bond motifs is 1. The summed E-state index contributed by atoms with van der Waals surface area (Å²) in [5.74, 6) is -0.734. The molecule has 0 aromatic carbocycles. The molecule has 0 aliphatic heterocycles. The summed E-state index contributed by atoms with van der Waals surface area (Å²) in [5, 5.41) is 7.29. The predicted octanol–water partition coefficient (Wildman–Crippen LogP) is -0.359. The van der Waals surface area contributed by atoms with Crippen molar-refractivity contribution >= 4 is 11.6 Å². The van der Waals surface area contributed by atoms with Crippen LogP contribution >= 0.6 is 0 Å². The molecule has 103 valence electrons. The topological polar surface area (TPSA) is 91.4 Å². The summed E-state index contributed by atoms with van der Waals surface area (Å²) in [4.78, 5) is 27.3. The van der Waals surface area contributed by atoms with Gasteiger partial charge in [0.05, 0.1) is 6.10 Å². The molecule has 1 aliphatic rings. The second-order valence-corrected chi connectivity index (χ2v) is 4.24. The number of ether oxygens (including phenoxy) is 1. The normalized spacial score (nSPS) is 15.7. The molecule has 0 saturated heterocycles. The molecule has 0 amide bonds. The van der Waals surface area contributed by atoms with Gasteiger partial charge >= 0.3 is 11.7 Å². The maximum atomic E-state index is 12.5. The van der Waals surface area contributed by atoms with Crippen LogP contribution in [0.15, 0.2) is 11.1 Å². The predicted molar refractivity (Wildman–Crippen MR) is 58.8 cm³/mol. The van der Waals surface area contributed by atoms with E-state index in [0.29, 0.717) is 0 Å². The summed E-state index contributed by atoms with van der Waals surface area (Å²) in [7, 11) is 1.43. The molecule has 0 N–H and O–H groups in total.